The molecule has 4 rings (SSSR count). The molecule has 2 aromatic rings. The second kappa shape index (κ2) is 9.17. The van der Waals surface area contributed by atoms with Gasteiger partial charge in [-0.05, 0) is 42.2 Å². The van der Waals surface area contributed by atoms with Crippen LogP contribution < -0.4 is 5.32 Å². The average Bonchev–Trinajstić information content (AvgIpc) is 3.25. The molecule has 11 heteroatoms. The van der Waals surface area contributed by atoms with Crippen LogP contribution in [0, 0.1) is 5.92 Å². The zero-order valence-electron chi connectivity index (χ0n) is 16.4. The van der Waals surface area contributed by atoms with Gasteiger partial charge >= 0.3 is 12.1 Å². The minimum Gasteiger partial charge on any atom is -0.475 e. The SMILES string of the molecule is CC1c2ncc(CNC(=O)C3CC3)n2CCN1Cc1ccsc1.O=C(O)C(F)(F)F. The first kappa shape index (κ1) is 22.3. The van der Waals surface area contributed by atoms with Crippen molar-refractivity contribution in [2.75, 3.05) is 6.54 Å². The predicted octanol–water partition coefficient (Wildman–Crippen LogP) is 3.18. The average molecular weight is 444 g/mol. The van der Waals surface area contributed by atoms with Crippen LogP contribution >= 0.6 is 11.3 Å². The van der Waals surface area contributed by atoms with Gasteiger partial charge in [0.05, 0.1) is 24.5 Å². The standard InChI is InChI=1S/C17H22N4OS.C2HF3O2/c1-12-16-18-8-15(9-19-17(22)14-2-3-14)21(16)6-5-20(12)10-13-4-7-23-11-13;3-2(4,5)1(6)7/h4,7-8,11-12,14H,2-3,5-6,9-10H2,1H3,(H,19,22);(H,6,7). The molecule has 2 aliphatic rings. The van der Waals surface area contributed by atoms with Gasteiger partial charge in [-0.2, -0.15) is 24.5 Å². The number of thiophene rings is 1. The summed E-state index contributed by atoms with van der Waals surface area (Å²) in [5, 5.41) is 14.5. The maximum atomic E-state index is 11.8. The third-order valence-electron chi connectivity index (χ3n) is 5.10. The number of hydrogen-bond acceptors (Lipinski definition) is 5. The van der Waals surface area contributed by atoms with Crippen molar-refractivity contribution in [2.45, 2.75) is 51.6 Å². The van der Waals surface area contributed by atoms with Crippen molar-refractivity contribution in [3.8, 4) is 0 Å². The smallest absolute Gasteiger partial charge is 0.475 e. The number of rotatable bonds is 5. The Balaban J connectivity index is 0.000000318. The number of carbonyl (C=O) groups excluding carboxylic acids is 1. The van der Waals surface area contributed by atoms with Gasteiger partial charge in [-0.1, -0.05) is 0 Å². The van der Waals surface area contributed by atoms with Crippen LogP contribution in [0.2, 0.25) is 0 Å². The van der Waals surface area contributed by atoms with Gasteiger partial charge in [0.15, 0.2) is 0 Å². The molecule has 1 aliphatic carbocycles. The van der Waals surface area contributed by atoms with Gasteiger partial charge < -0.3 is 15.0 Å². The molecule has 1 fully saturated rings. The van der Waals surface area contributed by atoms with Gasteiger partial charge in [0.1, 0.15) is 5.82 Å². The number of nitrogens with one attached hydrogen (secondary N) is 1. The van der Waals surface area contributed by atoms with Crippen LogP contribution in [0.15, 0.2) is 23.0 Å². The zero-order valence-corrected chi connectivity index (χ0v) is 17.2. The third-order valence-corrected chi connectivity index (χ3v) is 5.83. The molecule has 0 saturated heterocycles. The molecule has 164 valence electrons. The quantitative estimate of drug-likeness (QED) is 0.740. The van der Waals surface area contributed by atoms with Crippen molar-refractivity contribution < 1.29 is 27.9 Å². The topological polar surface area (TPSA) is 87.5 Å². The van der Waals surface area contributed by atoms with Gasteiger partial charge in [0.25, 0.3) is 0 Å². The lowest BCUT2D eigenvalue weighted by Crippen LogP contribution is -2.37. The Kier molecular flexibility index (Phi) is 6.81. The first-order valence-electron chi connectivity index (χ1n) is 9.54. The Morgan fingerprint density at radius 3 is 2.60 bits per heavy atom. The number of fused-ring (bicyclic) bond motifs is 1. The lowest BCUT2D eigenvalue weighted by molar-refractivity contribution is -0.192. The highest BCUT2D eigenvalue weighted by molar-refractivity contribution is 7.07. The number of alkyl halides is 3. The lowest BCUT2D eigenvalue weighted by atomic mass is 10.2. The fourth-order valence-corrected chi connectivity index (χ4v) is 3.91. The van der Waals surface area contributed by atoms with E-state index in [2.05, 4.69) is 43.5 Å². The van der Waals surface area contributed by atoms with E-state index in [0.717, 1.165) is 44.0 Å². The van der Waals surface area contributed by atoms with Crippen molar-refractivity contribution in [1.82, 2.24) is 19.8 Å². The number of carbonyl (C=O) groups is 2. The monoisotopic (exact) mass is 444 g/mol. The highest BCUT2D eigenvalue weighted by atomic mass is 32.1. The number of halogens is 3. The Hall–Kier alpha value is -2.40. The maximum absolute atomic E-state index is 11.8. The number of hydrogen-bond donors (Lipinski definition) is 2. The summed E-state index contributed by atoms with van der Waals surface area (Å²) in [6, 6.07) is 2.49. The van der Waals surface area contributed by atoms with Gasteiger partial charge in [-0.3, -0.25) is 9.69 Å². The largest absolute Gasteiger partial charge is 0.490 e. The number of carboxylic acids is 1. The number of aliphatic carboxylic acids is 1. The molecule has 1 unspecified atom stereocenters. The van der Waals surface area contributed by atoms with E-state index in [4.69, 9.17) is 9.90 Å². The van der Waals surface area contributed by atoms with Gasteiger partial charge in [0, 0.05) is 25.6 Å². The molecule has 1 saturated carbocycles. The van der Waals surface area contributed by atoms with Crippen LogP contribution in [0.25, 0.3) is 0 Å². The van der Waals surface area contributed by atoms with E-state index in [1.165, 1.54) is 5.56 Å². The summed E-state index contributed by atoms with van der Waals surface area (Å²) in [5.74, 6) is -1.18. The fourth-order valence-electron chi connectivity index (χ4n) is 3.25. The summed E-state index contributed by atoms with van der Waals surface area (Å²) in [7, 11) is 0. The van der Waals surface area contributed by atoms with E-state index in [0.29, 0.717) is 12.6 Å². The predicted molar refractivity (Wildman–Crippen MR) is 104 cm³/mol. The molecule has 1 aliphatic heterocycles. The Labute approximate surface area is 175 Å². The first-order chi connectivity index (χ1) is 14.2. The molecule has 1 amide bonds. The summed E-state index contributed by atoms with van der Waals surface area (Å²) in [6.07, 6.45) is -1.07. The number of imidazole rings is 1. The second-order valence-electron chi connectivity index (χ2n) is 7.33. The third kappa shape index (κ3) is 5.60. The van der Waals surface area contributed by atoms with Crippen molar-refractivity contribution >= 4 is 23.2 Å². The van der Waals surface area contributed by atoms with E-state index in [1.807, 2.05) is 6.20 Å². The number of aromatic nitrogens is 2. The van der Waals surface area contributed by atoms with Gasteiger partial charge in [-0.25, -0.2) is 9.78 Å². The second-order valence-corrected chi connectivity index (χ2v) is 8.11. The highest BCUT2D eigenvalue weighted by Gasteiger charge is 2.38. The van der Waals surface area contributed by atoms with E-state index in [9.17, 15) is 18.0 Å². The number of amides is 1. The number of nitrogens with zero attached hydrogens (tertiary/aromatic N) is 3. The summed E-state index contributed by atoms with van der Waals surface area (Å²) in [4.78, 5) is 27.8. The molecule has 0 bridgehead atoms. The van der Waals surface area contributed by atoms with Gasteiger partial charge in [-0.15, -0.1) is 0 Å². The van der Waals surface area contributed by atoms with Gasteiger partial charge in [0.2, 0.25) is 5.91 Å². The Bertz CT molecular complexity index is 878. The van der Waals surface area contributed by atoms with Crippen LogP contribution in [0.5, 0.6) is 0 Å². The van der Waals surface area contributed by atoms with Crippen molar-refractivity contribution in [3.05, 3.63) is 40.1 Å². The van der Waals surface area contributed by atoms with Crippen LogP contribution in [-0.2, 0) is 29.2 Å². The highest BCUT2D eigenvalue weighted by Crippen LogP contribution is 2.29. The van der Waals surface area contributed by atoms with E-state index >= 15 is 0 Å². The molecular weight excluding hydrogens is 421 g/mol. The van der Waals surface area contributed by atoms with Crippen LogP contribution in [0.1, 0.15) is 42.9 Å². The molecule has 2 aromatic heterocycles. The van der Waals surface area contributed by atoms with Crippen LogP contribution in [-0.4, -0.2) is 44.2 Å². The molecular formula is C19H23F3N4O3S. The lowest BCUT2D eigenvalue weighted by Gasteiger charge is -2.34. The zero-order chi connectivity index (χ0) is 21.9. The van der Waals surface area contributed by atoms with E-state index in [1.54, 1.807) is 11.3 Å². The van der Waals surface area contributed by atoms with Crippen LogP contribution in [0.4, 0.5) is 13.2 Å². The molecule has 3 heterocycles. The molecule has 30 heavy (non-hydrogen) atoms. The van der Waals surface area contributed by atoms with Crippen molar-refractivity contribution in [1.29, 1.82) is 0 Å². The fraction of sp³-hybridized carbons (Fsp3) is 0.526. The molecule has 1 atom stereocenters. The summed E-state index contributed by atoms with van der Waals surface area (Å²) < 4.78 is 34.0. The summed E-state index contributed by atoms with van der Waals surface area (Å²) >= 11 is 1.75. The Morgan fingerprint density at radius 2 is 2.03 bits per heavy atom. The molecule has 7 nitrogen and oxygen atoms in total. The number of carboxylic acid groups (broad SMARTS) is 1. The summed E-state index contributed by atoms with van der Waals surface area (Å²) in [6.45, 7) is 5.75. The van der Waals surface area contributed by atoms with E-state index in [-0.39, 0.29) is 11.8 Å². The first-order valence-corrected chi connectivity index (χ1v) is 10.5. The Morgan fingerprint density at radius 1 is 1.33 bits per heavy atom. The van der Waals surface area contributed by atoms with Crippen LogP contribution in [0.3, 0.4) is 0 Å². The molecule has 0 aromatic carbocycles. The normalized spacial score (nSPS) is 18.9. The minimum atomic E-state index is -5.08. The van der Waals surface area contributed by atoms with E-state index < -0.39 is 12.1 Å². The molecule has 0 radical (unpaired) electrons. The maximum Gasteiger partial charge on any atom is 0.490 e. The minimum absolute atomic E-state index is 0.198. The molecule has 2 N–H and O–H groups in total. The molecule has 0 spiro atoms. The van der Waals surface area contributed by atoms with Crippen molar-refractivity contribution in [2.24, 2.45) is 5.92 Å². The summed E-state index contributed by atoms with van der Waals surface area (Å²) in [5.41, 5.74) is 2.50. The van der Waals surface area contributed by atoms with Crippen molar-refractivity contribution in [3.63, 3.8) is 0 Å².